The van der Waals surface area contributed by atoms with Crippen molar-refractivity contribution in [3.05, 3.63) is 99.1 Å². The van der Waals surface area contributed by atoms with Crippen LogP contribution < -0.4 is 9.64 Å². The number of hydrogen-bond donors (Lipinski definition) is 1. The van der Waals surface area contributed by atoms with Crippen molar-refractivity contribution < 1.29 is 9.53 Å². The Morgan fingerprint density at radius 3 is 2.42 bits per heavy atom. The Kier molecular flexibility index (Phi) is 5.04. The molecule has 154 valence electrons. The van der Waals surface area contributed by atoms with E-state index in [0.29, 0.717) is 10.7 Å². The first-order valence-corrected chi connectivity index (χ1v) is 10.8. The Balaban J connectivity index is 1.71. The molecule has 0 saturated heterocycles. The molecular formula is C24H17BrClN3O2. The molecule has 2 heterocycles. The lowest BCUT2D eigenvalue weighted by Crippen LogP contribution is -2.29. The van der Waals surface area contributed by atoms with Crippen LogP contribution in [0.3, 0.4) is 0 Å². The normalized spacial score (nSPS) is 15.3. The number of hydrogen-bond acceptors (Lipinski definition) is 3. The minimum absolute atomic E-state index is 0.144. The molecule has 31 heavy (non-hydrogen) atoms. The average molecular weight is 495 g/mol. The predicted octanol–water partition coefficient (Wildman–Crippen LogP) is 6.25. The second-order valence-corrected chi connectivity index (χ2v) is 8.49. The van der Waals surface area contributed by atoms with E-state index in [0.717, 1.165) is 38.3 Å². The fraction of sp³-hybridized carbons (Fsp3) is 0.0833. The maximum atomic E-state index is 13.5. The Morgan fingerprint density at radius 2 is 1.74 bits per heavy atom. The molecule has 0 spiro atoms. The number of H-pyrrole nitrogens is 1. The molecule has 1 aromatic heterocycles. The van der Waals surface area contributed by atoms with Gasteiger partial charge in [0, 0.05) is 26.3 Å². The third-order valence-corrected chi connectivity index (χ3v) is 6.31. The molecule has 1 aliphatic rings. The number of anilines is 1. The lowest BCUT2D eigenvalue weighted by molar-refractivity contribution is 0.0989. The number of amides is 1. The summed E-state index contributed by atoms with van der Waals surface area (Å²) in [6.45, 7) is 0. The predicted molar refractivity (Wildman–Crippen MR) is 125 cm³/mol. The first-order valence-electron chi connectivity index (χ1n) is 9.64. The van der Waals surface area contributed by atoms with Gasteiger partial charge >= 0.3 is 0 Å². The van der Waals surface area contributed by atoms with Crippen molar-refractivity contribution in [3.63, 3.8) is 0 Å². The minimum Gasteiger partial charge on any atom is -0.497 e. The molecule has 5 rings (SSSR count). The topological polar surface area (TPSA) is 58.2 Å². The van der Waals surface area contributed by atoms with E-state index in [9.17, 15) is 4.79 Å². The highest BCUT2D eigenvalue weighted by atomic mass is 79.9. The molecule has 0 radical (unpaired) electrons. The molecule has 3 aromatic carbocycles. The summed E-state index contributed by atoms with van der Waals surface area (Å²) in [7, 11) is 1.63. The van der Waals surface area contributed by atoms with Crippen LogP contribution in [0.5, 0.6) is 5.75 Å². The summed E-state index contributed by atoms with van der Waals surface area (Å²) in [4.78, 5) is 15.3. The second kappa shape index (κ2) is 7.87. The fourth-order valence-corrected chi connectivity index (χ4v) is 4.48. The largest absolute Gasteiger partial charge is 0.497 e. The Bertz CT molecular complexity index is 1270. The monoisotopic (exact) mass is 493 g/mol. The van der Waals surface area contributed by atoms with Crippen molar-refractivity contribution in [2.24, 2.45) is 0 Å². The van der Waals surface area contributed by atoms with Crippen LogP contribution in [0.2, 0.25) is 5.02 Å². The zero-order chi connectivity index (χ0) is 21.5. The van der Waals surface area contributed by atoms with E-state index in [-0.39, 0.29) is 5.91 Å². The average Bonchev–Trinajstić information content (AvgIpc) is 3.34. The summed E-state index contributed by atoms with van der Waals surface area (Å²) < 4.78 is 6.22. The van der Waals surface area contributed by atoms with Gasteiger partial charge in [-0.3, -0.25) is 14.8 Å². The van der Waals surface area contributed by atoms with Crippen LogP contribution in [-0.2, 0) is 0 Å². The molecule has 5 nitrogen and oxygen atoms in total. The van der Waals surface area contributed by atoms with E-state index in [1.807, 2.05) is 72.8 Å². The maximum absolute atomic E-state index is 13.5. The summed E-state index contributed by atoms with van der Waals surface area (Å²) in [5.74, 6) is 0.612. The SMILES string of the molecule is COc1ccc(-c2n[nH]c3c2C(c2ccccc2Cl)N(c2ccc(Br)cc2)C3=O)cc1. The number of benzene rings is 3. The summed E-state index contributed by atoms with van der Waals surface area (Å²) in [5, 5.41) is 8.06. The van der Waals surface area contributed by atoms with E-state index >= 15 is 0 Å². The molecular weight excluding hydrogens is 478 g/mol. The van der Waals surface area contributed by atoms with Gasteiger partial charge in [-0.2, -0.15) is 5.10 Å². The number of aromatic nitrogens is 2. The smallest absolute Gasteiger partial charge is 0.277 e. The number of rotatable bonds is 4. The van der Waals surface area contributed by atoms with E-state index < -0.39 is 6.04 Å². The van der Waals surface area contributed by atoms with E-state index in [4.69, 9.17) is 16.3 Å². The highest BCUT2D eigenvalue weighted by Crippen LogP contribution is 2.46. The maximum Gasteiger partial charge on any atom is 0.277 e. The van der Waals surface area contributed by atoms with Gasteiger partial charge in [-0.25, -0.2) is 0 Å². The zero-order valence-corrected chi connectivity index (χ0v) is 18.8. The van der Waals surface area contributed by atoms with Gasteiger partial charge in [-0.1, -0.05) is 45.7 Å². The molecule has 0 bridgehead atoms. The van der Waals surface area contributed by atoms with E-state index in [1.165, 1.54) is 0 Å². The van der Waals surface area contributed by atoms with E-state index in [1.54, 1.807) is 12.0 Å². The van der Waals surface area contributed by atoms with Gasteiger partial charge in [0.2, 0.25) is 0 Å². The van der Waals surface area contributed by atoms with Crippen molar-refractivity contribution in [1.82, 2.24) is 10.2 Å². The van der Waals surface area contributed by atoms with Crippen LogP contribution in [0, 0.1) is 0 Å². The molecule has 0 fully saturated rings. The van der Waals surface area contributed by atoms with Crippen LogP contribution in [0.4, 0.5) is 5.69 Å². The number of carbonyl (C=O) groups is 1. The molecule has 1 amide bonds. The number of carbonyl (C=O) groups excluding carboxylic acids is 1. The zero-order valence-electron chi connectivity index (χ0n) is 16.5. The summed E-state index contributed by atoms with van der Waals surface area (Å²) in [6, 6.07) is 22.5. The third-order valence-electron chi connectivity index (χ3n) is 5.44. The number of nitrogens with one attached hydrogen (secondary N) is 1. The van der Waals surface area contributed by atoms with Gasteiger partial charge in [0.15, 0.2) is 0 Å². The molecule has 1 aliphatic heterocycles. The van der Waals surface area contributed by atoms with Gasteiger partial charge in [0.1, 0.15) is 11.4 Å². The standard InChI is InChI=1S/C24H17BrClN3O2/c1-31-17-12-6-14(7-13-17)21-20-22(28-27-21)24(30)29(16-10-8-15(25)9-11-16)23(20)18-4-2-3-5-19(18)26/h2-13,23H,1H3,(H,27,28). The van der Waals surface area contributed by atoms with Crippen LogP contribution >= 0.6 is 27.5 Å². The van der Waals surface area contributed by atoms with Crippen LogP contribution in [0.1, 0.15) is 27.7 Å². The van der Waals surface area contributed by atoms with Crippen LogP contribution in [0.25, 0.3) is 11.3 Å². The second-order valence-electron chi connectivity index (χ2n) is 7.17. The number of nitrogens with zero attached hydrogens (tertiary/aromatic N) is 2. The lowest BCUT2D eigenvalue weighted by Gasteiger charge is -2.27. The van der Waals surface area contributed by atoms with E-state index in [2.05, 4.69) is 26.1 Å². The Hall–Kier alpha value is -3.09. The summed E-state index contributed by atoms with van der Waals surface area (Å²) >= 11 is 10.1. The molecule has 7 heteroatoms. The molecule has 1 atom stereocenters. The van der Waals surface area contributed by atoms with Crippen molar-refractivity contribution in [1.29, 1.82) is 0 Å². The van der Waals surface area contributed by atoms with Crippen molar-refractivity contribution >= 4 is 39.1 Å². The van der Waals surface area contributed by atoms with Crippen molar-refractivity contribution in [2.45, 2.75) is 6.04 Å². The minimum atomic E-state index is -0.409. The van der Waals surface area contributed by atoms with Crippen LogP contribution in [0.15, 0.2) is 77.3 Å². The molecule has 0 saturated carbocycles. The van der Waals surface area contributed by atoms with Crippen molar-refractivity contribution in [3.8, 4) is 17.0 Å². The summed E-state index contributed by atoms with van der Waals surface area (Å²) in [6.07, 6.45) is 0. The number of aromatic amines is 1. The first-order chi connectivity index (χ1) is 15.1. The molecule has 1 unspecified atom stereocenters. The van der Waals surface area contributed by atoms with Gasteiger partial charge in [-0.05, 0) is 60.2 Å². The highest BCUT2D eigenvalue weighted by molar-refractivity contribution is 9.10. The first kappa shape index (κ1) is 19.8. The lowest BCUT2D eigenvalue weighted by atomic mass is 9.95. The quantitative estimate of drug-likeness (QED) is 0.365. The highest BCUT2D eigenvalue weighted by Gasteiger charge is 2.43. The summed E-state index contributed by atoms with van der Waals surface area (Å²) in [5.41, 5.74) is 4.51. The van der Waals surface area contributed by atoms with Gasteiger partial charge in [0.25, 0.3) is 5.91 Å². The van der Waals surface area contributed by atoms with Gasteiger partial charge in [-0.15, -0.1) is 0 Å². The van der Waals surface area contributed by atoms with Gasteiger partial charge < -0.3 is 4.74 Å². The molecule has 0 aliphatic carbocycles. The van der Waals surface area contributed by atoms with Crippen LogP contribution in [-0.4, -0.2) is 23.2 Å². The number of halogens is 2. The third kappa shape index (κ3) is 3.32. The van der Waals surface area contributed by atoms with Gasteiger partial charge in [0.05, 0.1) is 18.8 Å². The number of methoxy groups -OCH3 is 1. The Morgan fingerprint density at radius 1 is 1.03 bits per heavy atom. The Labute approximate surface area is 192 Å². The number of ether oxygens (including phenoxy) is 1. The molecule has 4 aromatic rings. The number of fused-ring (bicyclic) bond motifs is 1. The molecule has 1 N–H and O–H groups in total. The van der Waals surface area contributed by atoms with Crippen molar-refractivity contribution in [2.75, 3.05) is 12.0 Å². The fourth-order valence-electron chi connectivity index (χ4n) is 3.98.